The van der Waals surface area contributed by atoms with Gasteiger partial charge < -0.3 is 10.1 Å². The molecule has 0 aliphatic carbocycles. The highest BCUT2D eigenvalue weighted by Crippen LogP contribution is 2.23. The minimum Gasteiger partial charge on any atom is -0.497 e. The van der Waals surface area contributed by atoms with Crippen LogP contribution in [0.3, 0.4) is 0 Å². The van der Waals surface area contributed by atoms with Crippen LogP contribution >= 0.6 is 0 Å². The number of nitrogens with one attached hydrogen (secondary N) is 1. The van der Waals surface area contributed by atoms with Crippen LogP contribution in [0.15, 0.2) is 48.5 Å². The van der Waals surface area contributed by atoms with E-state index in [1.807, 2.05) is 31.2 Å². The fraction of sp³-hybridized carbons (Fsp3) is 0.200. The van der Waals surface area contributed by atoms with Crippen LogP contribution in [-0.4, -0.2) is 12.0 Å². The molecule has 2 rings (SSSR count). The summed E-state index contributed by atoms with van der Waals surface area (Å²) in [6, 6.07) is 14.2. The maximum Gasteiger partial charge on any atom is 0.269 e. The lowest BCUT2D eigenvalue weighted by Gasteiger charge is -2.15. The molecule has 1 unspecified atom stereocenters. The van der Waals surface area contributed by atoms with Gasteiger partial charge in [0.05, 0.1) is 12.0 Å². The predicted octanol–water partition coefficient (Wildman–Crippen LogP) is 3.78. The molecule has 0 bridgehead atoms. The van der Waals surface area contributed by atoms with Crippen LogP contribution in [0.1, 0.15) is 18.5 Å². The van der Waals surface area contributed by atoms with Crippen LogP contribution in [-0.2, 0) is 0 Å². The van der Waals surface area contributed by atoms with E-state index < -0.39 is 4.92 Å². The van der Waals surface area contributed by atoms with Crippen LogP contribution in [0.2, 0.25) is 0 Å². The van der Waals surface area contributed by atoms with Gasteiger partial charge in [0, 0.05) is 23.9 Å². The normalized spacial score (nSPS) is 11.7. The summed E-state index contributed by atoms with van der Waals surface area (Å²) in [5.74, 6) is 0.804. The molecule has 2 aromatic rings. The second-order valence-electron chi connectivity index (χ2n) is 4.44. The fourth-order valence-electron chi connectivity index (χ4n) is 1.91. The average molecular weight is 272 g/mol. The van der Waals surface area contributed by atoms with E-state index >= 15 is 0 Å². The Bertz CT molecular complexity index is 579. The van der Waals surface area contributed by atoms with Crippen molar-refractivity contribution in [1.29, 1.82) is 0 Å². The summed E-state index contributed by atoms with van der Waals surface area (Å²) in [5.41, 5.74) is 2.06. The van der Waals surface area contributed by atoms with E-state index in [-0.39, 0.29) is 11.7 Å². The Morgan fingerprint density at radius 1 is 1.10 bits per heavy atom. The van der Waals surface area contributed by atoms with E-state index in [9.17, 15) is 10.1 Å². The van der Waals surface area contributed by atoms with Crippen molar-refractivity contribution in [3.8, 4) is 5.75 Å². The summed E-state index contributed by atoms with van der Waals surface area (Å²) in [4.78, 5) is 10.2. The summed E-state index contributed by atoms with van der Waals surface area (Å²) in [6.07, 6.45) is 0. The zero-order valence-corrected chi connectivity index (χ0v) is 11.4. The van der Waals surface area contributed by atoms with Crippen molar-refractivity contribution in [2.45, 2.75) is 13.0 Å². The lowest BCUT2D eigenvalue weighted by molar-refractivity contribution is -0.384. The predicted molar refractivity (Wildman–Crippen MR) is 78.1 cm³/mol. The number of benzene rings is 2. The minimum absolute atomic E-state index is 0.0594. The Kier molecular flexibility index (Phi) is 4.20. The van der Waals surface area contributed by atoms with Crippen LogP contribution in [0, 0.1) is 10.1 Å². The quantitative estimate of drug-likeness (QED) is 0.664. The molecule has 0 spiro atoms. The molecule has 0 amide bonds. The Balaban J connectivity index is 2.06. The summed E-state index contributed by atoms with van der Waals surface area (Å²) in [7, 11) is 1.63. The molecular formula is C15H16N2O3. The first-order valence-electron chi connectivity index (χ1n) is 6.25. The number of ether oxygens (including phenoxy) is 1. The van der Waals surface area contributed by atoms with Gasteiger partial charge in [0.25, 0.3) is 5.69 Å². The Labute approximate surface area is 117 Å². The molecule has 0 aromatic heterocycles. The first kappa shape index (κ1) is 13.9. The van der Waals surface area contributed by atoms with Gasteiger partial charge in [0.15, 0.2) is 0 Å². The van der Waals surface area contributed by atoms with Gasteiger partial charge >= 0.3 is 0 Å². The van der Waals surface area contributed by atoms with Gasteiger partial charge in [-0.2, -0.15) is 0 Å². The lowest BCUT2D eigenvalue weighted by Crippen LogP contribution is -2.06. The SMILES string of the molecule is COc1ccc(NC(C)c2ccc([N+](=O)[O-])cc2)cc1. The Hall–Kier alpha value is -2.56. The van der Waals surface area contributed by atoms with E-state index in [2.05, 4.69) is 5.32 Å². The topological polar surface area (TPSA) is 64.4 Å². The van der Waals surface area contributed by atoms with E-state index in [1.165, 1.54) is 12.1 Å². The first-order valence-corrected chi connectivity index (χ1v) is 6.25. The monoisotopic (exact) mass is 272 g/mol. The maximum atomic E-state index is 10.6. The molecule has 0 fully saturated rings. The smallest absolute Gasteiger partial charge is 0.269 e. The number of hydrogen-bond acceptors (Lipinski definition) is 4. The van der Waals surface area contributed by atoms with Gasteiger partial charge in [-0.25, -0.2) is 0 Å². The number of anilines is 1. The van der Waals surface area contributed by atoms with Gasteiger partial charge in [0.2, 0.25) is 0 Å². The number of rotatable bonds is 5. The molecule has 1 atom stereocenters. The highest BCUT2D eigenvalue weighted by molar-refractivity contribution is 5.48. The molecule has 0 radical (unpaired) electrons. The van der Waals surface area contributed by atoms with Crippen molar-refractivity contribution >= 4 is 11.4 Å². The van der Waals surface area contributed by atoms with Crippen molar-refractivity contribution in [3.63, 3.8) is 0 Å². The maximum absolute atomic E-state index is 10.6. The number of nitro benzene ring substituents is 1. The molecule has 0 saturated heterocycles. The van der Waals surface area contributed by atoms with E-state index in [1.54, 1.807) is 19.2 Å². The summed E-state index contributed by atoms with van der Waals surface area (Å²) >= 11 is 0. The second kappa shape index (κ2) is 6.06. The zero-order chi connectivity index (χ0) is 14.5. The minimum atomic E-state index is -0.397. The van der Waals surface area contributed by atoms with Crippen molar-refractivity contribution in [2.75, 3.05) is 12.4 Å². The molecular weight excluding hydrogens is 256 g/mol. The number of nitrogens with zero attached hydrogens (tertiary/aromatic N) is 1. The summed E-state index contributed by atoms with van der Waals surface area (Å²) < 4.78 is 5.10. The molecule has 0 heterocycles. The number of non-ortho nitro benzene ring substituents is 1. The Morgan fingerprint density at radius 2 is 1.70 bits per heavy atom. The highest BCUT2D eigenvalue weighted by atomic mass is 16.6. The summed E-state index contributed by atoms with van der Waals surface area (Å²) in [6.45, 7) is 2.01. The largest absolute Gasteiger partial charge is 0.497 e. The van der Waals surface area contributed by atoms with Crippen molar-refractivity contribution in [2.24, 2.45) is 0 Å². The van der Waals surface area contributed by atoms with E-state index in [4.69, 9.17) is 4.74 Å². The van der Waals surface area contributed by atoms with Gasteiger partial charge in [-0.3, -0.25) is 10.1 Å². The number of methoxy groups -OCH3 is 1. The third kappa shape index (κ3) is 3.26. The molecule has 5 heteroatoms. The average Bonchev–Trinajstić information content (AvgIpc) is 2.48. The highest BCUT2D eigenvalue weighted by Gasteiger charge is 2.09. The molecule has 2 aromatic carbocycles. The standard InChI is InChI=1S/C15H16N2O3/c1-11(12-3-7-14(8-4-12)17(18)19)16-13-5-9-15(20-2)10-6-13/h3-11,16H,1-2H3. The molecule has 5 nitrogen and oxygen atoms in total. The molecule has 104 valence electrons. The van der Waals surface area contributed by atoms with E-state index in [0.29, 0.717) is 0 Å². The van der Waals surface area contributed by atoms with Gasteiger partial charge in [-0.15, -0.1) is 0 Å². The fourth-order valence-corrected chi connectivity index (χ4v) is 1.91. The van der Waals surface area contributed by atoms with Crippen LogP contribution < -0.4 is 10.1 Å². The van der Waals surface area contributed by atoms with Gasteiger partial charge in [-0.05, 0) is 36.8 Å². The van der Waals surface area contributed by atoms with Crippen molar-refractivity contribution in [1.82, 2.24) is 0 Å². The number of hydrogen-bond donors (Lipinski definition) is 1. The van der Waals surface area contributed by atoms with Crippen LogP contribution in [0.4, 0.5) is 11.4 Å². The van der Waals surface area contributed by atoms with Crippen molar-refractivity contribution < 1.29 is 9.66 Å². The molecule has 0 saturated carbocycles. The molecule has 0 aliphatic rings. The van der Waals surface area contributed by atoms with Crippen LogP contribution in [0.5, 0.6) is 5.75 Å². The number of nitro groups is 1. The van der Waals surface area contributed by atoms with E-state index in [0.717, 1.165) is 17.0 Å². The van der Waals surface area contributed by atoms with Gasteiger partial charge in [0.1, 0.15) is 5.75 Å². The lowest BCUT2D eigenvalue weighted by atomic mass is 10.1. The molecule has 1 N–H and O–H groups in total. The third-order valence-corrected chi connectivity index (χ3v) is 3.08. The van der Waals surface area contributed by atoms with Crippen molar-refractivity contribution in [3.05, 3.63) is 64.2 Å². The Morgan fingerprint density at radius 3 is 2.20 bits per heavy atom. The summed E-state index contributed by atoms with van der Waals surface area (Å²) in [5, 5.41) is 13.9. The first-order chi connectivity index (χ1) is 9.60. The molecule has 20 heavy (non-hydrogen) atoms. The second-order valence-corrected chi connectivity index (χ2v) is 4.44. The third-order valence-electron chi connectivity index (χ3n) is 3.08. The zero-order valence-electron chi connectivity index (χ0n) is 11.4. The van der Waals surface area contributed by atoms with Crippen LogP contribution in [0.25, 0.3) is 0 Å². The molecule has 0 aliphatic heterocycles. The van der Waals surface area contributed by atoms with Gasteiger partial charge in [-0.1, -0.05) is 12.1 Å².